The molecule has 1 aliphatic heterocycles. The van der Waals surface area contributed by atoms with Gasteiger partial charge in [-0.15, -0.1) is 0 Å². The maximum absolute atomic E-state index is 12.2. The van der Waals surface area contributed by atoms with Crippen LogP contribution >= 0.6 is 11.6 Å². The van der Waals surface area contributed by atoms with Gasteiger partial charge in [-0.2, -0.15) is 0 Å². The summed E-state index contributed by atoms with van der Waals surface area (Å²) in [4.78, 5) is 13.9. The Balaban J connectivity index is 1.95. The van der Waals surface area contributed by atoms with Gasteiger partial charge in [0.1, 0.15) is 0 Å². The summed E-state index contributed by atoms with van der Waals surface area (Å²) < 4.78 is 25.1. The average Bonchev–Trinajstić information content (AvgIpc) is 2.45. The van der Waals surface area contributed by atoms with Gasteiger partial charge in [-0.3, -0.25) is 4.79 Å². The van der Waals surface area contributed by atoms with Crippen molar-refractivity contribution in [1.29, 1.82) is 0 Å². The second kappa shape index (κ2) is 7.26. The summed E-state index contributed by atoms with van der Waals surface area (Å²) >= 11 is 5.81. The molecule has 1 fully saturated rings. The van der Waals surface area contributed by atoms with Crippen molar-refractivity contribution >= 4 is 33.6 Å². The van der Waals surface area contributed by atoms with Gasteiger partial charge in [0.2, 0.25) is 15.9 Å². The Hall–Kier alpha value is -1.37. The van der Waals surface area contributed by atoms with E-state index in [4.69, 9.17) is 11.6 Å². The molecule has 1 atom stereocenters. The van der Waals surface area contributed by atoms with Crippen LogP contribution in [0, 0.1) is 0 Å². The smallest absolute Gasteiger partial charge is 0.246 e. The van der Waals surface area contributed by atoms with Gasteiger partial charge in [-0.1, -0.05) is 23.7 Å². The first kappa shape index (κ1) is 17.0. The quantitative estimate of drug-likeness (QED) is 0.850. The number of carbonyl (C=O) groups excluding carboxylic acids is 1. The summed E-state index contributed by atoms with van der Waals surface area (Å²) in [6.07, 6.45) is 5.90. The van der Waals surface area contributed by atoms with E-state index in [1.165, 1.54) is 6.08 Å². The molecule has 0 saturated carbocycles. The van der Waals surface area contributed by atoms with E-state index in [2.05, 4.69) is 4.72 Å². The van der Waals surface area contributed by atoms with Crippen molar-refractivity contribution in [3.8, 4) is 0 Å². The Morgan fingerprint density at radius 3 is 2.68 bits per heavy atom. The normalized spacial score (nSPS) is 19.5. The maximum atomic E-state index is 12.2. The van der Waals surface area contributed by atoms with E-state index in [1.54, 1.807) is 23.1 Å². The molecule has 7 heteroatoms. The predicted octanol–water partition coefficient (Wildman–Crippen LogP) is 1.89. The van der Waals surface area contributed by atoms with Crippen molar-refractivity contribution in [2.45, 2.75) is 18.9 Å². The summed E-state index contributed by atoms with van der Waals surface area (Å²) in [5.41, 5.74) is 0.889. The molecule has 120 valence electrons. The zero-order chi connectivity index (χ0) is 16.2. The van der Waals surface area contributed by atoms with E-state index in [1.807, 2.05) is 12.1 Å². The van der Waals surface area contributed by atoms with Crippen molar-refractivity contribution in [2.75, 3.05) is 19.3 Å². The van der Waals surface area contributed by atoms with Crippen LogP contribution in [-0.4, -0.2) is 44.6 Å². The highest BCUT2D eigenvalue weighted by molar-refractivity contribution is 7.88. The standard InChI is InChI=1S/C15H19ClN2O3S/c1-22(20,21)17-14-3-2-10-18(11-14)15(19)9-6-12-4-7-13(16)8-5-12/h4-9,14,17H,2-3,10-11H2,1H3/b9-6-/t14-/m0/s1. The Morgan fingerprint density at radius 2 is 2.05 bits per heavy atom. The highest BCUT2D eigenvalue weighted by Crippen LogP contribution is 2.13. The molecule has 1 amide bonds. The van der Waals surface area contributed by atoms with Gasteiger partial charge in [0.25, 0.3) is 0 Å². The summed E-state index contributed by atoms with van der Waals surface area (Å²) in [6, 6.07) is 6.97. The Labute approximate surface area is 136 Å². The minimum atomic E-state index is -3.25. The Kier molecular flexibility index (Phi) is 5.61. The molecule has 1 heterocycles. The van der Waals surface area contributed by atoms with Gasteiger partial charge in [0.05, 0.1) is 6.26 Å². The summed E-state index contributed by atoms with van der Waals surface area (Å²) in [6.45, 7) is 1.04. The number of carbonyl (C=O) groups is 1. The number of likely N-dealkylation sites (tertiary alicyclic amines) is 1. The Morgan fingerprint density at radius 1 is 1.36 bits per heavy atom. The molecule has 1 aromatic carbocycles. The predicted molar refractivity (Wildman–Crippen MR) is 88.1 cm³/mol. The van der Waals surface area contributed by atoms with Crippen LogP contribution in [0.5, 0.6) is 0 Å². The molecule has 22 heavy (non-hydrogen) atoms. The van der Waals surface area contributed by atoms with Crippen LogP contribution < -0.4 is 4.72 Å². The lowest BCUT2D eigenvalue weighted by atomic mass is 10.1. The fourth-order valence-corrected chi connectivity index (χ4v) is 3.35. The number of hydrogen-bond donors (Lipinski definition) is 1. The van der Waals surface area contributed by atoms with Crippen molar-refractivity contribution in [3.63, 3.8) is 0 Å². The van der Waals surface area contributed by atoms with E-state index >= 15 is 0 Å². The van der Waals surface area contributed by atoms with Crippen LogP contribution in [0.15, 0.2) is 30.3 Å². The fraction of sp³-hybridized carbons (Fsp3) is 0.400. The van der Waals surface area contributed by atoms with Gasteiger partial charge < -0.3 is 4.90 Å². The number of benzene rings is 1. The van der Waals surface area contributed by atoms with Crippen molar-refractivity contribution in [1.82, 2.24) is 9.62 Å². The number of nitrogens with zero attached hydrogens (tertiary/aromatic N) is 1. The van der Waals surface area contributed by atoms with E-state index in [0.29, 0.717) is 18.1 Å². The van der Waals surface area contributed by atoms with Gasteiger partial charge >= 0.3 is 0 Å². The van der Waals surface area contributed by atoms with Gasteiger partial charge in [0.15, 0.2) is 0 Å². The summed E-state index contributed by atoms with van der Waals surface area (Å²) in [5, 5.41) is 0.647. The highest BCUT2D eigenvalue weighted by atomic mass is 35.5. The summed E-state index contributed by atoms with van der Waals surface area (Å²) in [5.74, 6) is -0.116. The molecular weight excluding hydrogens is 324 g/mol. The zero-order valence-corrected chi connectivity index (χ0v) is 13.9. The number of nitrogens with one attached hydrogen (secondary N) is 1. The van der Waals surface area contributed by atoms with Crippen molar-refractivity contribution in [3.05, 3.63) is 40.9 Å². The fourth-order valence-electron chi connectivity index (χ4n) is 2.42. The van der Waals surface area contributed by atoms with E-state index in [-0.39, 0.29) is 11.9 Å². The summed E-state index contributed by atoms with van der Waals surface area (Å²) in [7, 11) is -3.25. The third kappa shape index (κ3) is 5.44. The average molecular weight is 343 g/mol. The second-order valence-electron chi connectivity index (χ2n) is 5.40. The zero-order valence-electron chi connectivity index (χ0n) is 12.3. The third-order valence-electron chi connectivity index (χ3n) is 3.40. The van der Waals surface area contributed by atoms with E-state index < -0.39 is 10.0 Å². The van der Waals surface area contributed by atoms with Crippen LogP contribution in [0.2, 0.25) is 5.02 Å². The van der Waals surface area contributed by atoms with E-state index in [0.717, 1.165) is 24.7 Å². The number of rotatable bonds is 4. The molecule has 0 unspecified atom stereocenters. The highest BCUT2D eigenvalue weighted by Gasteiger charge is 2.24. The molecule has 0 aromatic heterocycles. The van der Waals surface area contributed by atoms with Gasteiger partial charge in [-0.25, -0.2) is 13.1 Å². The van der Waals surface area contributed by atoms with Crippen LogP contribution in [0.3, 0.4) is 0 Å². The monoisotopic (exact) mass is 342 g/mol. The number of amides is 1. The van der Waals surface area contributed by atoms with Crippen LogP contribution in [0.4, 0.5) is 0 Å². The molecule has 1 N–H and O–H groups in total. The first-order valence-corrected chi connectivity index (χ1v) is 9.30. The molecule has 1 saturated heterocycles. The van der Waals surface area contributed by atoms with Crippen LogP contribution in [-0.2, 0) is 14.8 Å². The number of piperidine rings is 1. The largest absolute Gasteiger partial charge is 0.338 e. The lowest BCUT2D eigenvalue weighted by Gasteiger charge is -2.32. The third-order valence-corrected chi connectivity index (χ3v) is 4.42. The topological polar surface area (TPSA) is 66.5 Å². The SMILES string of the molecule is CS(=O)(=O)N[C@H]1CCCN(C(=O)/C=C\c2ccc(Cl)cc2)C1. The molecule has 2 rings (SSSR count). The molecule has 1 aliphatic rings. The molecule has 0 aliphatic carbocycles. The molecular formula is C15H19ClN2O3S. The van der Waals surface area contributed by atoms with E-state index in [9.17, 15) is 13.2 Å². The maximum Gasteiger partial charge on any atom is 0.246 e. The van der Waals surface area contributed by atoms with Gasteiger partial charge in [-0.05, 0) is 36.6 Å². The minimum absolute atomic E-state index is 0.116. The number of hydrogen-bond acceptors (Lipinski definition) is 3. The lowest BCUT2D eigenvalue weighted by molar-refractivity contribution is -0.127. The Bertz CT molecular complexity index is 656. The van der Waals surface area contributed by atoms with Crippen LogP contribution in [0.1, 0.15) is 18.4 Å². The minimum Gasteiger partial charge on any atom is -0.338 e. The second-order valence-corrected chi connectivity index (χ2v) is 7.61. The molecule has 0 radical (unpaired) electrons. The number of sulfonamides is 1. The van der Waals surface area contributed by atoms with Crippen molar-refractivity contribution in [2.24, 2.45) is 0 Å². The van der Waals surface area contributed by atoms with Gasteiger partial charge in [0, 0.05) is 30.2 Å². The first-order chi connectivity index (χ1) is 10.3. The first-order valence-electron chi connectivity index (χ1n) is 7.03. The van der Waals surface area contributed by atoms with Crippen molar-refractivity contribution < 1.29 is 13.2 Å². The molecule has 0 bridgehead atoms. The molecule has 5 nitrogen and oxygen atoms in total. The van der Waals surface area contributed by atoms with Crippen LogP contribution in [0.25, 0.3) is 6.08 Å². The lowest BCUT2D eigenvalue weighted by Crippen LogP contribution is -2.48. The molecule has 0 spiro atoms. The molecule has 1 aromatic rings. The number of halogens is 1.